The third kappa shape index (κ3) is 4.06. The van der Waals surface area contributed by atoms with Crippen LogP contribution < -0.4 is 5.32 Å². The van der Waals surface area contributed by atoms with Crippen molar-refractivity contribution in [2.45, 2.75) is 6.42 Å². The molecule has 2 aromatic rings. The summed E-state index contributed by atoms with van der Waals surface area (Å²) >= 11 is 17.4. The Morgan fingerprint density at radius 1 is 1.16 bits per heavy atom. The van der Waals surface area contributed by atoms with Gasteiger partial charge in [0.15, 0.2) is 0 Å². The zero-order valence-corrected chi connectivity index (χ0v) is 11.8. The van der Waals surface area contributed by atoms with Gasteiger partial charge < -0.3 is 0 Å². The van der Waals surface area contributed by atoms with E-state index in [4.69, 9.17) is 34.8 Å². The highest BCUT2D eigenvalue weighted by atomic mass is 35.5. The summed E-state index contributed by atoms with van der Waals surface area (Å²) in [5.74, 6) is -0.0989. The van der Waals surface area contributed by atoms with Gasteiger partial charge in [-0.1, -0.05) is 40.9 Å². The molecule has 0 radical (unpaired) electrons. The standard InChI is InChI=1S/C12H8Cl3N3O/c13-8-2-1-7(5-9(8)14)6-11(19)18-12-16-4-3-10(15)17-12/h1-5H,6H2,(H,16,17,18,19). The first-order chi connectivity index (χ1) is 9.04. The van der Waals surface area contributed by atoms with Crippen molar-refractivity contribution in [3.63, 3.8) is 0 Å². The van der Waals surface area contributed by atoms with E-state index >= 15 is 0 Å². The highest BCUT2D eigenvalue weighted by molar-refractivity contribution is 6.42. The van der Waals surface area contributed by atoms with Crippen LogP contribution in [0.1, 0.15) is 5.56 Å². The van der Waals surface area contributed by atoms with Gasteiger partial charge in [-0.2, -0.15) is 0 Å². The summed E-state index contributed by atoms with van der Waals surface area (Å²) in [7, 11) is 0. The first-order valence-electron chi connectivity index (χ1n) is 5.27. The average Bonchev–Trinajstić information content (AvgIpc) is 2.34. The highest BCUT2D eigenvalue weighted by Gasteiger charge is 2.07. The number of nitrogens with zero attached hydrogens (tertiary/aromatic N) is 2. The number of amides is 1. The van der Waals surface area contributed by atoms with E-state index in [9.17, 15) is 4.79 Å². The van der Waals surface area contributed by atoms with Gasteiger partial charge in [-0.25, -0.2) is 9.97 Å². The van der Waals surface area contributed by atoms with E-state index < -0.39 is 0 Å². The molecule has 0 saturated heterocycles. The number of carbonyl (C=O) groups is 1. The summed E-state index contributed by atoms with van der Waals surface area (Å²) in [6.07, 6.45) is 1.61. The molecule has 19 heavy (non-hydrogen) atoms. The van der Waals surface area contributed by atoms with Crippen LogP contribution in [0.4, 0.5) is 5.95 Å². The van der Waals surface area contributed by atoms with Gasteiger partial charge in [0.05, 0.1) is 16.5 Å². The minimum atomic E-state index is -0.263. The van der Waals surface area contributed by atoms with Crippen molar-refractivity contribution in [3.05, 3.63) is 51.2 Å². The molecular formula is C12H8Cl3N3O. The van der Waals surface area contributed by atoms with Gasteiger partial charge in [-0.15, -0.1) is 0 Å². The number of benzene rings is 1. The second-order valence-electron chi connectivity index (χ2n) is 3.68. The normalized spacial score (nSPS) is 10.3. The summed E-state index contributed by atoms with van der Waals surface area (Å²) in [5.41, 5.74) is 0.744. The molecule has 0 bridgehead atoms. The molecule has 98 valence electrons. The Balaban J connectivity index is 2.03. The largest absolute Gasteiger partial charge is 0.294 e. The summed E-state index contributed by atoms with van der Waals surface area (Å²) in [5, 5.41) is 3.66. The van der Waals surface area contributed by atoms with E-state index in [1.165, 1.54) is 12.3 Å². The molecule has 4 nitrogen and oxygen atoms in total. The van der Waals surface area contributed by atoms with Crippen LogP contribution in [0.15, 0.2) is 30.5 Å². The van der Waals surface area contributed by atoms with Gasteiger partial charge in [0.25, 0.3) is 0 Å². The summed E-state index contributed by atoms with van der Waals surface area (Å²) < 4.78 is 0. The first-order valence-corrected chi connectivity index (χ1v) is 6.40. The summed E-state index contributed by atoms with van der Waals surface area (Å²) in [6.45, 7) is 0. The Bertz CT molecular complexity index is 619. The molecule has 1 amide bonds. The maximum atomic E-state index is 11.8. The van der Waals surface area contributed by atoms with Crippen molar-refractivity contribution in [1.82, 2.24) is 9.97 Å². The van der Waals surface area contributed by atoms with Gasteiger partial charge in [0.1, 0.15) is 5.15 Å². The molecule has 0 unspecified atom stereocenters. The Morgan fingerprint density at radius 2 is 1.95 bits per heavy atom. The molecule has 0 aliphatic carbocycles. The zero-order chi connectivity index (χ0) is 13.8. The van der Waals surface area contributed by atoms with Crippen LogP contribution in [-0.4, -0.2) is 15.9 Å². The number of aromatic nitrogens is 2. The molecule has 0 aliphatic heterocycles. The lowest BCUT2D eigenvalue weighted by molar-refractivity contribution is -0.115. The smallest absolute Gasteiger partial charge is 0.231 e. The zero-order valence-electron chi connectivity index (χ0n) is 9.53. The minimum absolute atomic E-state index is 0.146. The topological polar surface area (TPSA) is 54.9 Å². The van der Waals surface area contributed by atoms with Gasteiger partial charge >= 0.3 is 0 Å². The molecule has 1 aromatic heterocycles. The molecule has 0 fully saturated rings. The van der Waals surface area contributed by atoms with E-state index in [2.05, 4.69) is 15.3 Å². The summed E-state index contributed by atoms with van der Waals surface area (Å²) in [4.78, 5) is 19.5. The summed E-state index contributed by atoms with van der Waals surface area (Å²) in [6, 6.07) is 6.54. The average molecular weight is 317 g/mol. The third-order valence-corrected chi connectivity index (χ3v) is 3.17. The minimum Gasteiger partial charge on any atom is -0.294 e. The number of hydrogen-bond acceptors (Lipinski definition) is 3. The lowest BCUT2D eigenvalue weighted by Gasteiger charge is -2.04. The fourth-order valence-electron chi connectivity index (χ4n) is 1.40. The monoisotopic (exact) mass is 315 g/mol. The molecule has 1 N–H and O–H groups in total. The number of anilines is 1. The molecule has 2 rings (SSSR count). The maximum absolute atomic E-state index is 11.8. The Morgan fingerprint density at radius 3 is 2.63 bits per heavy atom. The van der Waals surface area contributed by atoms with Crippen molar-refractivity contribution in [1.29, 1.82) is 0 Å². The molecule has 0 atom stereocenters. The molecule has 1 aromatic carbocycles. The fourth-order valence-corrected chi connectivity index (χ4v) is 1.86. The van der Waals surface area contributed by atoms with E-state index in [1.807, 2.05) is 0 Å². The molecule has 0 spiro atoms. The molecule has 1 heterocycles. The second-order valence-corrected chi connectivity index (χ2v) is 4.88. The van der Waals surface area contributed by atoms with Crippen LogP contribution in [0, 0.1) is 0 Å². The van der Waals surface area contributed by atoms with Crippen molar-refractivity contribution in [2.24, 2.45) is 0 Å². The van der Waals surface area contributed by atoms with Crippen molar-refractivity contribution in [2.75, 3.05) is 5.32 Å². The fraction of sp³-hybridized carbons (Fsp3) is 0.0833. The van der Waals surface area contributed by atoms with Crippen molar-refractivity contribution in [3.8, 4) is 0 Å². The highest BCUT2D eigenvalue weighted by Crippen LogP contribution is 2.22. The van der Waals surface area contributed by atoms with Gasteiger partial charge in [0, 0.05) is 6.20 Å². The van der Waals surface area contributed by atoms with Gasteiger partial charge in [-0.3, -0.25) is 10.1 Å². The van der Waals surface area contributed by atoms with Crippen LogP contribution in [0.5, 0.6) is 0 Å². The van der Waals surface area contributed by atoms with Crippen LogP contribution in [0.2, 0.25) is 15.2 Å². The number of carbonyl (C=O) groups excluding carboxylic acids is 1. The van der Waals surface area contributed by atoms with Crippen LogP contribution in [0.25, 0.3) is 0 Å². The maximum Gasteiger partial charge on any atom is 0.231 e. The first kappa shape index (κ1) is 14.1. The van der Waals surface area contributed by atoms with E-state index in [1.54, 1.807) is 18.2 Å². The van der Waals surface area contributed by atoms with Crippen molar-refractivity contribution < 1.29 is 4.79 Å². The number of nitrogens with one attached hydrogen (secondary N) is 1. The predicted molar refractivity (Wildman–Crippen MR) is 75.8 cm³/mol. The number of halogens is 3. The Labute approximate surface area is 124 Å². The van der Waals surface area contributed by atoms with Crippen molar-refractivity contribution >= 4 is 46.7 Å². The quantitative estimate of drug-likeness (QED) is 0.880. The van der Waals surface area contributed by atoms with E-state index in [0.717, 1.165) is 5.56 Å². The lowest BCUT2D eigenvalue weighted by atomic mass is 10.1. The Kier molecular flexibility index (Phi) is 4.58. The molecule has 7 heteroatoms. The second kappa shape index (κ2) is 6.19. The van der Waals surface area contributed by atoms with E-state index in [0.29, 0.717) is 10.0 Å². The lowest BCUT2D eigenvalue weighted by Crippen LogP contribution is -2.16. The van der Waals surface area contributed by atoms with Crippen LogP contribution in [0.3, 0.4) is 0 Å². The molecular weight excluding hydrogens is 309 g/mol. The Hall–Kier alpha value is -1.36. The van der Waals surface area contributed by atoms with Gasteiger partial charge in [-0.05, 0) is 23.8 Å². The van der Waals surface area contributed by atoms with Gasteiger partial charge in [0.2, 0.25) is 11.9 Å². The predicted octanol–water partition coefficient (Wildman–Crippen LogP) is 3.62. The molecule has 0 saturated carbocycles. The SMILES string of the molecule is O=C(Cc1ccc(Cl)c(Cl)c1)Nc1nccc(Cl)n1. The number of rotatable bonds is 3. The third-order valence-electron chi connectivity index (χ3n) is 2.22. The van der Waals surface area contributed by atoms with Crippen LogP contribution >= 0.6 is 34.8 Å². The molecule has 0 aliphatic rings. The number of hydrogen-bond donors (Lipinski definition) is 1. The van der Waals surface area contributed by atoms with Crippen LogP contribution in [-0.2, 0) is 11.2 Å². The van der Waals surface area contributed by atoms with E-state index in [-0.39, 0.29) is 23.4 Å².